The Bertz CT molecular complexity index is 995. The fraction of sp³-hybridized carbons (Fsp3) is 0.133. The molecule has 0 atom stereocenters. The standard InChI is InChI=1S/C15H14N2O4S/c1-9-4-3-5-10(2)14(9)17-22(19,20)11-6-7-13-12(8-11)16-15(18)21-13/h3-8,17H,1-2H3,(H,16,18). The molecule has 0 unspecified atom stereocenters. The minimum atomic E-state index is -3.75. The van der Waals surface area contributed by atoms with E-state index >= 15 is 0 Å². The summed E-state index contributed by atoms with van der Waals surface area (Å²) in [6, 6.07) is 9.76. The molecule has 3 aromatic rings. The van der Waals surface area contributed by atoms with Gasteiger partial charge in [-0.1, -0.05) is 18.2 Å². The predicted molar refractivity (Wildman–Crippen MR) is 83.6 cm³/mol. The van der Waals surface area contributed by atoms with Crippen LogP contribution in [0.3, 0.4) is 0 Å². The Balaban J connectivity index is 2.06. The van der Waals surface area contributed by atoms with Gasteiger partial charge in [0.05, 0.1) is 16.1 Å². The number of anilines is 1. The number of H-pyrrole nitrogens is 1. The number of aromatic amines is 1. The number of fused-ring (bicyclic) bond motifs is 1. The Morgan fingerprint density at radius 2 is 1.77 bits per heavy atom. The molecule has 114 valence electrons. The van der Waals surface area contributed by atoms with Crippen LogP contribution < -0.4 is 10.5 Å². The smallest absolute Gasteiger partial charge is 0.408 e. The Kier molecular flexibility index (Phi) is 3.29. The molecule has 0 aliphatic rings. The molecule has 6 nitrogen and oxygen atoms in total. The van der Waals surface area contributed by atoms with Gasteiger partial charge in [0.15, 0.2) is 5.58 Å². The van der Waals surface area contributed by atoms with E-state index in [1.54, 1.807) is 0 Å². The number of hydrogen-bond donors (Lipinski definition) is 2. The zero-order valence-corrected chi connectivity index (χ0v) is 12.8. The summed E-state index contributed by atoms with van der Waals surface area (Å²) in [5, 5.41) is 0. The fourth-order valence-electron chi connectivity index (χ4n) is 2.27. The minimum absolute atomic E-state index is 0.0553. The number of oxazole rings is 1. The summed E-state index contributed by atoms with van der Waals surface area (Å²) in [5.74, 6) is -0.618. The van der Waals surface area contributed by atoms with Crippen molar-refractivity contribution in [2.75, 3.05) is 4.72 Å². The molecule has 0 fully saturated rings. The minimum Gasteiger partial charge on any atom is -0.408 e. The van der Waals surface area contributed by atoms with Crippen molar-refractivity contribution in [1.82, 2.24) is 4.98 Å². The summed E-state index contributed by atoms with van der Waals surface area (Å²) in [6.45, 7) is 3.67. The maximum atomic E-state index is 12.5. The van der Waals surface area contributed by atoms with Gasteiger partial charge in [-0.3, -0.25) is 9.71 Å². The lowest BCUT2D eigenvalue weighted by molar-refractivity contribution is 0.555. The topological polar surface area (TPSA) is 92.2 Å². The summed E-state index contributed by atoms with van der Waals surface area (Å²) in [4.78, 5) is 13.6. The van der Waals surface area contributed by atoms with E-state index in [2.05, 4.69) is 9.71 Å². The summed E-state index contributed by atoms with van der Waals surface area (Å²) < 4.78 is 32.5. The van der Waals surface area contributed by atoms with Gasteiger partial charge >= 0.3 is 5.76 Å². The molecule has 2 aromatic carbocycles. The number of rotatable bonds is 3. The van der Waals surface area contributed by atoms with Crippen LogP contribution in [0.4, 0.5) is 5.69 Å². The van der Waals surface area contributed by atoms with Crippen LogP contribution in [0.25, 0.3) is 11.1 Å². The number of aryl methyl sites for hydroxylation is 2. The Labute approximate surface area is 126 Å². The van der Waals surface area contributed by atoms with E-state index in [1.165, 1.54) is 18.2 Å². The maximum absolute atomic E-state index is 12.5. The van der Waals surface area contributed by atoms with Crippen molar-refractivity contribution in [3.63, 3.8) is 0 Å². The van der Waals surface area contributed by atoms with Crippen LogP contribution in [0, 0.1) is 13.8 Å². The Morgan fingerprint density at radius 3 is 2.45 bits per heavy atom. The predicted octanol–water partition coefficient (Wildman–Crippen LogP) is 2.54. The van der Waals surface area contributed by atoms with E-state index in [4.69, 9.17) is 4.42 Å². The van der Waals surface area contributed by atoms with Crippen LogP contribution >= 0.6 is 0 Å². The highest BCUT2D eigenvalue weighted by molar-refractivity contribution is 7.92. The van der Waals surface area contributed by atoms with Crippen molar-refractivity contribution in [3.8, 4) is 0 Å². The third-order valence-electron chi connectivity index (χ3n) is 3.42. The molecule has 1 aromatic heterocycles. The zero-order chi connectivity index (χ0) is 15.9. The first-order valence-electron chi connectivity index (χ1n) is 6.59. The summed E-state index contributed by atoms with van der Waals surface area (Å²) in [7, 11) is -3.75. The molecule has 0 saturated carbocycles. The molecule has 0 spiro atoms. The van der Waals surface area contributed by atoms with Crippen molar-refractivity contribution in [1.29, 1.82) is 0 Å². The second-order valence-electron chi connectivity index (χ2n) is 5.04. The van der Waals surface area contributed by atoms with Crippen molar-refractivity contribution in [2.45, 2.75) is 18.7 Å². The Hall–Kier alpha value is -2.54. The molecule has 0 radical (unpaired) electrons. The molecule has 7 heteroatoms. The van der Waals surface area contributed by atoms with Crippen LogP contribution in [0.2, 0.25) is 0 Å². The van der Waals surface area contributed by atoms with Crippen LogP contribution in [-0.2, 0) is 10.0 Å². The molecule has 0 saturated heterocycles. The normalized spacial score (nSPS) is 11.7. The van der Waals surface area contributed by atoms with Gasteiger partial charge in [-0.25, -0.2) is 13.2 Å². The van der Waals surface area contributed by atoms with Gasteiger partial charge in [0.1, 0.15) is 0 Å². The monoisotopic (exact) mass is 318 g/mol. The van der Waals surface area contributed by atoms with E-state index < -0.39 is 15.8 Å². The number of aromatic nitrogens is 1. The molecule has 22 heavy (non-hydrogen) atoms. The van der Waals surface area contributed by atoms with E-state index in [9.17, 15) is 13.2 Å². The third-order valence-corrected chi connectivity index (χ3v) is 4.77. The van der Waals surface area contributed by atoms with Crippen LogP contribution in [-0.4, -0.2) is 13.4 Å². The summed E-state index contributed by atoms with van der Waals surface area (Å²) >= 11 is 0. The SMILES string of the molecule is Cc1cccc(C)c1NS(=O)(=O)c1ccc2oc(=O)[nH]c2c1. The summed E-state index contributed by atoms with van der Waals surface area (Å²) in [5.41, 5.74) is 2.89. The van der Waals surface area contributed by atoms with Gasteiger partial charge in [0, 0.05) is 0 Å². The van der Waals surface area contributed by atoms with Crippen molar-refractivity contribution >= 4 is 26.8 Å². The molecule has 0 bridgehead atoms. The molecule has 1 heterocycles. The van der Waals surface area contributed by atoms with Gasteiger partial charge in [0.25, 0.3) is 10.0 Å². The fourth-order valence-corrected chi connectivity index (χ4v) is 3.50. The first-order valence-corrected chi connectivity index (χ1v) is 8.07. The van der Waals surface area contributed by atoms with Gasteiger partial charge in [-0.15, -0.1) is 0 Å². The van der Waals surface area contributed by atoms with E-state index in [0.717, 1.165) is 11.1 Å². The van der Waals surface area contributed by atoms with Crippen LogP contribution in [0.1, 0.15) is 11.1 Å². The lowest BCUT2D eigenvalue weighted by Gasteiger charge is -2.13. The first kappa shape index (κ1) is 14.4. The van der Waals surface area contributed by atoms with Crippen molar-refractivity contribution in [3.05, 3.63) is 58.1 Å². The van der Waals surface area contributed by atoms with Crippen molar-refractivity contribution in [2.24, 2.45) is 0 Å². The Morgan fingerprint density at radius 1 is 1.09 bits per heavy atom. The largest absolute Gasteiger partial charge is 0.417 e. The molecule has 0 aliphatic carbocycles. The summed E-state index contributed by atoms with van der Waals surface area (Å²) in [6.07, 6.45) is 0. The van der Waals surface area contributed by atoms with E-state index in [0.29, 0.717) is 16.8 Å². The van der Waals surface area contributed by atoms with Crippen molar-refractivity contribution < 1.29 is 12.8 Å². The van der Waals surface area contributed by atoms with E-state index in [-0.39, 0.29) is 4.90 Å². The number of sulfonamides is 1. The molecule has 3 rings (SSSR count). The first-order chi connectivity index (χ1) is 10.4. The molecule has 0 amide bonds. The molecular formula is C15H14N2O4S. The van der Waals surface area contributed by atoms with Gasteiger partial charge in [-0.2, -0.15) is 0 Å². The van der Waals surface area contributed by atoms with Gasteiger partial charge in [0.2, 0.25) is 0 Å². The lowest BCUT2D eigenvalue weighted by Crippen LogP contribution is -2.14. The molecule has 0 aliphatic heterocycles. The average molecular weight is 318 g/mol. The molecule has 2 N–H and O–H groups in total. The zero-order valence-electron chi connectivity index (χ0n) is 12.0. The van der Waals surface area contributed by atoms with Gasteiger partial charge < -0.3 is 4.42 Å². The number of nitrogens with one attached hydrogen (secondary N) is 2. The van der Waals surface area contributed by atoms with Crippen LogP contribution in [0.5, 0.6) is 0 Å². The quantitative estimate of drug-likeness (QED) is 0.776. The highest BCUT2D eigenvalue weighted by atomic mass is 32.2. The average Bonchev–Trinajstić information content (AvgIpc) is 2.82. The number of para-hydroxylation sites is 1. The highest BCUT2D eigenvalue weighted by Gasteiger charge is 2.17. The second kappa shape index (κ2) is 5.03. The number of hydrogen-bond acceptors (Lipinski definition) is 4. The molecular weight excluding hydrogens is 304 g/mol. The highest BCUT2D eigenvalue weighted by Crippen LogP contribution is 2.24. The third kappa shape index (κ3) is 2.50. The second-order valence-corrected chi connectivity index (χ2v) is 6.73. The lowest BCUT2D eigenvalue weighted by atomic mass is 10.1. The van der Waals surface area contributed by atoms with Crippen LogP contribution in [0.15, 0.2) is 50.5 Å². The number of benzene rings is 2. The van der Waals surface area contributed by atoms with Gasteiger partial charge in [-0.05, 0) is 43.2 Å². The maximum Gasteiger partial charge on any atom is 0.417 e. The van der Waals surface area contributed by atoms with E-state index in [1.807, 2.05) is 32.0 Å².